The number of para-hydroxylation sites is 2. The molecule has 14 rings (SSSR count). The van der Waals surface area contributed by atoms with E-state index in [1.54, 1.807) is 10.7 Å². The SMILES string of the molecule is [B]1B2B3[B-]P123NP12(c3cccc4c3c3cccc5c3n4-c3cccc4c3B5c3ccccc3O4)B3[B-]B1B32. The van der Waals surface area contributed by atoms with E-state index in [9.17, 15) is 0 Å². The molecule has 14 heteroatoms. The van der Waals surface area contributed by atoms with E-state index in [2.05, 4.69) is 109 Å². The van der Waals surface area contributed by atoms with Crippen LogP contribution in [0, 0.1) is 0 Å². The van der Waals surface area contributed by atoms with Crippen molar-refractivity contribution in [2.75, 3.05) is 0 Å². The van der Waals surface area contributed by atoms with Gasteiger partial charge in [0.1, 0.15) is 0 Å². The number of nitrogens with zero attached hydrogens (tertiary/aromatic N) is 1. The van der Waals surface area contributed by atoms with E-state index in [0.29, 0.717) is 0 Å². The minimum atomic E-state index is -2.04. The van der Waals surface area contributed by atoms with Crippen LogP contribution in [0.2, 0.25) is 0 Å². The van der Waals surface area contributed by atoms with Gasteiger partial charge in [0, 0.05) is 0 Å². The van der Waals surface area contributed by atoms with Gasteiger partial charge in [0.2, 0.25) is 0 Å². The summed E-state index contributed by atoms with van der Waals surface area (Å²) in [6.45, 7) is 5.69. The number of benzene rings is 4. The molecular weight excluding hydrogens is 492 g/mol. The monoisotopic (exact) mass is 507 g/mol. The number of nitrogens with one attached hydrogen (secondary N) is 1. The van der Waals surface area contributed by atoms with Crippen LogP contribution in [0.25, 0.3) is 27.5 Å². The molecule has 0 atom stereocenters. The van der Waals surface area contributed by atoms with Crippen LogP contribution in [0.4, 0.5) is 0 Å². The Morgan fingerprint density at radius 2 is 1.63 bits per heavy atom. The van der Waals surface area contributed by atoms with Crippen LogP contribution in [-0.2, 0) is 0 Å². The average Bonchev–Trinajstić information content (AvgIpc) is 3.88. The molecule has 0 unspecified atom stereocenters. The van der Waals surface area contributed by atoms with E-state index < -0.39 is 12.7 Å². The van der Waals surface area contributed by atoms with Gasteiger partial charge in [-0.3, -0.25) is 0 Å². The van der Waals surface area contributed by atoms with Crippen molar-refractivity contribution >= 4 is 115 Å². The fraction of sp³-hybridized carbons (Fsp3) is 0. The molecule has 38 heavy (non-hydrogen) atoms. The van der Waals surface area contributed by atoms with Crippen molar-refractivity contribution in [3.63, 3.8) is 0 Å². The second-order valence-electron chi connectivity index (χ2n) is 13.3. The summed E-state index contributed by atoms with van der Waals surface area (Å²) < 4.78 is 9.10. The predicted molar refractivity (Wildman–Crippen MR) is 175 cm³/mol. The maximum absolute atomic E-state index is 6.51. The third-order valence-corrected chi connectivity index (χ3v) is 26.8. The first-order valence-electron chi connectivity index (χ1n) is 14.1. The van der Waals surface area contributed by atoms with Crippen molar-refractivity contribution in [3.05, 3.63) is 78.9 Å². The van der Waals surface area contributed by atoms with Crippen LogP contribution < -0.4 is 31.3 Å². The van der Waals surface area contributed by atoms with Crippen LogP contribution in [-0.4, -0.2) is 63.2 Å². The maximum atomic E-state index is 6.51. The van der Waals surface area contributed by atoms with Crippen molar-refractivity contribution in [2.24, 2.45) is 0 Å². The van der Waals surface area contributed by atoms with Crippen LogP contribution in [0.5, 0.6) is 11.5 Å². The van der Waals surface area contributed by atoms with E-state index in [1.165, 1.54) is 38.5 Å². The Labute approximate surface area is 224 Å². The summed E-state index contributed by atoms with van der Waals surface area (Å²) in [4.78, 5) is 4.68. The second kappa shape index (κ2) is 4.96. The first-order chi connectivity index (χ1) is 18.7. The summed E-state index contributed by atoms with van der Waals surface area (Å²) in [6.07, 6.45) is 0.970. The predicted octanol–water partition coefficient (Wildman–Crippen LogP) is 1.07. The summed E-state index contributed by atoms with van der Waals surface area (Å²) in [5.74, 6) is 1.99. The number of aromatic nitrogens is 1. The Morgan fingerprint density at radius 3 is 2.42 bits per heavy atom. The fourth-order valence-corrected chi connectivity index (χ4v) is 29.7. The molecule has 1 aromatic heterocycles. The van der Waals surface area contributed by atoms with Crippen LogP contribution >= 0.6 is 12.7 Å². The van der Waals surface area contributed by atoms with Gasteiger partial charge in [-0.15, -0.1) is 0 Å². The molecule has 3 nitrogen and oxygen atoms in total. The van der Waals surface area contributed by atoms with Crippen molar-refractivity contribution in [1.29, 1.82) is 0 Å². The van der Waals surface area contributed by atoms with Crippen molar-refractivity contribution in [3.8, 4) is 17.2 Å². The molecule has 10 heterocycles. The zero-order valence-corrected chi connectivity index (χ0v) is 22.2. The van der Waals surface area contributed by atoms with Crippen molar-refractivity contribution in [1.82, 2.24) is 9.42 Å². The minimum absolute atomic E-state index is 0.202. The van der Waals surface area contributed by atoms with Crippen molar-refractivity contribution < 1.29 is 4.74 Å². The number of ether oxygens (including phenoxy) is 1. The molecule has 1 spiro atoms. The second-order valence-corrected chi connectivity index (χ2v) is 23.6. The summed E-state index contributed by atoms with van der Waals surface area (Å²) in [5, 5.41) is 4.71. The normalized spacial score (nSPS) is 27.1. The molecule has 0 amide bonds. The Balaban J connectivity index is 1.17. The molecule has 2 bridgehead atoms. The van der Waals surface area contributed by atoms with Crippen LogP contribution in [0.3, 0.4) is 0 Å². The molecular formula is C24H14B9N2OP2-2. The third kappa shape index (κ3) is 1.49. The van der Waals surface area contributed by atoms with Gasteiger partial charge in [0.15, 0.2) is 0 Å². The van der Waals surface area contributed by atoms with Gasteiger partial charge in [0.25, 0.3) is 0 Å². The van der Waals surface area contributed by atoms with Gasteiger partial charge >= 0.3 is 225 Å². The molecule has 7 saturated heterocycles. The van der Waals surface area contributed by atoms with Gasteiger partial charge in [-0.25, -0.2) is 0 Å². The van der Waals surface area contributed by atoms with E-state index in [4.69, 9.17) is 4.74 Å². The first kappa shape index (κ1) is 19.0. The molecule has 7 fully saturated rings. The summed E-state index contributed by atoms with van der Waals surface area (Å²) in [5.41, 5.74) is 8.09. The van der Waals surface area contributed by atoms with Gasteiger partial charge in [-0.2, -0.15) is 0 Å². The van der Waals surface area contributed by atoms with Gasteiger partial charge in [-0.05, 0) is 0 Å². The van der Waals surface area contributed by atoms with Gasteiger partial charge in [-0.1, -0.05) is 0 Å². The molecule has 0 aliphatic carbocycles. The van der Waals surface area contributed by atoms with Crippen LogP contribution in [0.15, 0.2) is 78.9 Å². The Hall–Kier alpha value is -2.12. The quantitative estimate of drug-likeness (QED) is 0.287. The number of hydrogen-bond acceptors (Lipinski definition) is 2. The zero-order valence-electron chi connectivity index (χ0n) is 20.5. The number of rotatable bonds is 3. The molecule has 0 saturated carbocycles. The molecule has 9 aliphatic rings. The van der Waals surface area contributed by atoms with Crippen molar-refractivity contribution in [2.45, 2.75) is 0 Å². The topological polar surface area (TPSA) is 26.2 Å². The summed E-state index contributed by atoms with van der Waals surface area (Å²) in [6, 6.07) is 29.7. The third-order valence-electron chi connectivity index (χ3n) is 12.4. The van der Waals surface area contributed by atoms with Gasteiger partial charge < -0.3 is 0 Å². The summed E-state index contributed by atoms with van der Waals surface area (Å²) >= 11 is 0. The number of fused-ring (bicyclic) bond motifs is 8. The van der Waals surface area contributed by atoms with Gasteiger partial charge in [0.05, 0.1) is 0 Å². The van der Waals surface area contributed by atoms with E-state index in [-0.39, 0.29) is 6.71 Å². The summed E-state index contributed by atoms with van der Waals surface area (Å²) in [7, 11) is 2.70. The standard InChI is InChI=1S/C24H14B9N2OP2/c1-2-11-19-15(7-1)28-16-8-3-6-14-22-17(35(24(14)16)18-10-4-12-20(36-19)23(18)28)9-5-13-21(22)37(29-25-30(37)33(29)37)34-38-26-31(38)32(38)27-38/h1-13,34H/q-2. The van der Waals surface area contributed by atoms with E-state index in [1.807, 2.05) is 0 Å². The average molecular weight is 506 g/mol. The first-order valence-corrected chi connectivity index (χ1v) is 19.0. The zero-order chi connectivity index (χ0) is 24.0. The van der Waals surface area contributed by atoms with E-state index in [0.717, 1.165) is 42.6 Å². The fourth-order valence-electron chi connectivity index (χ4n) is 10.3. The molecule has 4 aromatic carbocycles. The van der Waals surface area contributed by atoms with E-state index >= 15 is 0 Å². The Bertz CT molecular complexity index is 2120. The molecule has 1 N–H and O–H groups in total. The number of hydrogen-bond donors (Lipinski definition) is 1. The molecule has 165 valence electrons. The Morgan fingerprint density at radius 1 is 0.842 bits per heavy atom. The molecule has 5 aromatic rings. The van der Waals surface area contributed by atoms with Crippen LogP contribution in [0.1, 0.15) is 0 Å². The molecule has 9 aliphatic heterocycles. The Kier molecular flexibility index (Phi) is 2.48. The molecule has 5 radical (unpaired) electrons.